The van der Waals surface area contributed by atoms with E-state index in [-0.39, 0.29) is 17.9 Å². The van der Waals surface area contributed by atoms with Gasteiger partial charge in [0.25, 0.3) is 0 Å². The summed E-state index contributed by atoms with van der Waals surface area (Å²) < 4.78 is 18.0. The number of carbonyl (C=O) groups is 2. The highest BCUT2D eigenvalue weighted by Crippen LogP contribution is 2.26. The summed E-state index contributed by atoms with van der Waals surface area (Å²) in [7, 11) is 3.74. The molecule has 2 N–H and O–H groups in total. The van der Waals surface area contributed by atoms with E-state index in [0.29, 0.717) is 31.9 Å². The fourth-order valence-electron chi connectivity index (χ4n) is 3.79. The molecule has 2 heterocycles. The van der Waals surface area contributed by atoms with E-state index in [1.807, 2.05) is 42.7 Å². The summed E-state index contributed by atoms with van der Waals surface area (Å²) in [5, 5.41) is 2.91. The van der Waals surface area contributed by atoms with Crippen LogP contribution in [0.3, 0.4) is 0 Å². The van der Waals surface area contributed by atoms with Crippen molar-refractivity contribution in [2.75, 3.05) is 32.5 Å². The minimum Gasteiger partial charge on any atom is -0.320 e. The number of benzene rings is 2. The van der Waals surface area contributed by atoms with Crippen LogP contribution >= 0.6 is 12.1 Å². The third-order valence-corrected chi connectivity index (χ3v) is 6.13. The molecule has 0 bridgehead atoms. The molecule has 0 fully saturated rings. The number of nitrogens with zero attached hydrogens (tertiary/aromatic N) is 3. The van der Waals surface area contributed by atoms with Gasteiger partial charge >= 0.3 is 12.1 Å². The van der Waals surface area contributed by atoms with E-state index in [0.717, 1.165) is 23.1 Å². The number of hydrogen-bond donors (Lipinski definition) is 2. The highest BCUT2D eigenvalue weighted by Gasteiger charge is 2.24. The van der Waals surface area contributed by atoms with Gasteiger partial charge in [-0.3, -0.25) is 4.72 Å². The number of nitrogens with one attached hydrogen (secondary N) is 2. The number of anilines is 1. The lowest BCUT2D eigenvalue weighted by Crippen LogP contribution is -2.40. The van der Waals surface area contributed by atoms with Crippen molar-refractivity contribution in [3.8, 4) is 0 Å². The van der Waals surface area contributed by atoms with Crippen molar-refractivity contribution in [3.05, 3.63) is 71.0 Å². The van der Waals surface area contributed by atoms with Gasteiger partial charge in [-0.15, -0.1) is 0 Å². The summed E-state index contributed by atoms with van der Waals surface area (Å²) in [4.78, 5) is 28.2. The molecule has 7 nitrogen and oxygen atoms in total. The molecule has 0 saturated carbocycles. The van der Waals surface area contributed by atoms with Gasteiger partial charge in [0.1, 0.15) is 5.82 Å². The molecule has 2 aromatic carbocycles. The Labute approximate surface area is 191 Å². The average molecular weight is 456 g/mol. The van der Waals surface area contributed by atoms with Gasteiger partial charge in [0.05, 0.1) is 0 Å². The maximum atomic E-state index is 13.4. The standard InChI is InChI=1S/C23H26FN5O2S/c1-27(2)32-26-23(31)28-11-9-17(10-12-28)16-4-7-21(8-5-16)25-22(30)29-14-18-3-6-20(24)13-19(18)15-29/h3-9,13H,10-12,14-15H2,1-2H3,(H,25,30)(H,26,31). The fraction of sp³-hybridized carbons (Fsp3) is 0.304. The van der Waals surface area contributed by atoms with Crippen LogP contribution in [0.4, 0.5) is 19.7 Å². The van der Waals surface area contributed by atoms with Gasteiger partial charge in [-0.05, 0) is 67.0 Å². The minimum absolute atomic E-state index is 0.0936. The number of urea groups is 2. The highest BCUT2D eigenvalue weighted by atomic mass is 32.2. The molecule has 0 unspecified atom stereocenters. The normalized spacial score (nSPS) is 15.4. The molecule has 4 amide bonds. The van der Waals surface area contributed by atoms with E-state index in [1.165, 1.54) is 29.8 Å². The van der Waals surface area contributed by atoms with Crippen LogP contribution in [0.25, 0.3) is 5.57 Å². The topological polar surface area (TPSA) is 67.9 Å². The number of fused-ring (bicyclic) bond motifs is 1. The van der Waals surface area contributed by atoms with Gasteiger partial charge < -0.3 is 15.1 Å². The molecule has 2 aromatic rings. The van der Waals surface area contributed by atoms with Crippen LogP contribution in [0.2, 0.25) is 0 Å². The molecule has 4 rings (SSSR count). The quantitative estimate of drug-likeness (QED) is 0.675. The number of hydrogen-bond acceptors (Lipinski definition) is 4. The minimum atomic E-state index is -0.283. The summed E-state index contributed by atoms with van der Waals surface area (Å²) in [5.41, 5.74) is 4.80. The number of halogens is 1. The summed E-state index contributed by atoms with van der Waals surface area (Å²) in [6.45, 7) is 2.09. The monoisotopic (exact) mass is 455 g/mol. The number of carbonyl (C=O) groups excluding carboxylic acids is 2. The van der Waals surface area contributed by atoms with Crippen molar-refractivity contribution in [1.82, 2.24) is 18.8 Å². The Hall–Kier alpha value is -3.04. The first kappa shape index (κ1) is 22.2. The van der Waals surface area contributed by atoms with Crippen LogP contribution in [-0.2, 0) is 13.1 Å². The van der Waals surface area contributed by atoms with Crippen LogP contribution in [0.1, 0.15) is 23.1 Å². The lowest BCUT2D eigenvalue weighted by atomic mass is 9.99. The van der Waals surface area contributed by atoms with E-state index in [4.69, 9.17) is 0 Å². The molecular formula is C23H26FN5O2S. The Kier molecular flexibility index (Phi) is 6.66. The van der Waals surface area contributed by atoms with Crippen molar-refractivity contribution < 1.29 is 14.0 Å². The SMILES string of the molecule is CN(C)SNC(=O)N1CC=C(c2ccc(NC(=O)N3Cc4ccc(F)cc4C3)cc2)CC1. The molecule has 0 radical (unpaired) electrons. The second kappa shape index (κ2) is 9.62. The van der Waals surface area contributed by atoms with E-state index < -0.39 is 0 Å². The largest absolute Gasteiger partial charge is 0.328 e. The molecule has 0 saturated heterocycles. The zero-order chi connectivity index (χ0) is 22.7. The third-order valence-electron chi connectivity index (χ3n) is 5.50. The summed E-state index contributed by atoms with van der Waals surface area (Å²) in [6, 6.07) is 12.1. The average Bonchev–Trinajstić information content (AvgIpc) is 3.21. The molecule has 0 aliphatic carbocycles. The Morgan fingerprint density at radius 1 is 1.00 bits per heavy atom. The lowest BCUT2D eigenvalue weighted by Gasteiger charge is -2.27. The van der Waals surface area contributed by atoms with E-state index in [1.54, 1.807) is 15.9 Å². The third kappa shape index (κ3) is 5.23. The van der Waals surface area contributed by atoms with Gasteiger partial charge in [-0.1, -0.05) is 24.3 Å². The van der Waals surface area contributed by atoms with Gasteiger partial charge in [0.15, 0.2) is 0 Å². The summed E-state index contributed by atoms with van der Waals surface area (Å²) in [6.07, 6.45) is 2.84. The zero-order valence-electron chi connectivity index (χ0n) is 18.1. The maximum Gasteiger partial charge on any atom is 0.328 e. The molecule has 2 aliphatic heterocycles. The summed E-state index contributed by atoms with van der Waals surface area (Å²) >= 11 is 1.26. The maximum absolute atomic E-state index is 13.4. The van der Waals surface area contributed by atoms with E-state index >= 15 is 0 Å². The Balaban J connectivity index is 1.31. The Bertz CT molecular complexity index is 1040. The van der Waals surface area contributed by atoms with Crippen LogP contribution in [-0.4, -0.2) is 53.4 Å². The van der Waals surface area contributed by atoms with Gasteiger partial charge in [-0.25, -0.2) is 18.3 Å². The van der Waals surface area contributed by atoms with Gasteiger partial charge in [0, 0.05) is 44.0 Å². The molecule has 0 spiro atoms. The Morgan fingerprint density at radius 3 is 2.44 bits per heavy atom. The first-order valence-corrected chi connectivity index (χ1v) is 11.2. The van der Waals surface area contributed by atoms with Crippen LogP contribution in [0, 0.1) is 5.82 Å². The molecule has 9 heteroatoms. The summed E-state index contributed by atoms with van der Waals surface area (Å²) in [5.74, 6) is -0.283. The second-order valence-corrected chi connectivity index (χ2v) is 9.13. The van der Waals surface area contributed by atoms with E-state index in [9.17, 15) is 14.0 Å². The van der Waals surface area contributed by atoms with Crippen molar-refractivity contribution in [2.24, 2.45) is 0 Å². The lowest BCUT2D eigenvalue weighted by molar-refractivity contribution is 0.209. The Morgan fingerprint density at radius 2 is 1.75 bits per heavy atom. The fourth-order valence-corrected chi connectivity index (χ4v) is 4.18. The van der Waals surface area contributed by atoms with Crippen LogP contribution < -0.4 is 10.0 Å². The highest BCUT2D eigenvalue weighted by molar-refractivity contribution is 7.95. The first-order valence-electron chi connectivity index (χ1n) is 10.4. The van der Waals surface area contributed by atoms with Crippen LogP contribution in [0.5, 0.6) is 0 Å². The number of rotatable bonds is 4. The van der Waals surface area contributed by atoms with Crippen molar-refractivity contribution >= 4 is 35.5 Å². The molecule has 32 heavy (non-hydrogen) atoms. The molecule has 0 aromatic heterocycles. The smallest absolute Gasteiger partial charge is 0.320 e. The predicted octanol–water partition coefficient (Wildman–Crippen LogP) is 4.30. The van der Waals surface area contributed by atoms with Crippen LogP contribution in [0.15, 0.2) is 48.5 Å². The predicted molar refractivity (Wildman–Crippen MR) is 125 cm³/mol. The van der Waals surface area contributed by atoms with Crippen molar-refractivity contribution in [1.29, 1.82) is 0 Å². The van der Waals surface area contributed by atoms with Crippen molar-refractivity contribution in [3.63, 3.8) is 0 Å². The molecule has 0 atom stereocenters. The molecule has 168 valence electrons. The molecular weight excluding hydrogens is 429 g/mol. The van der Waals surface area contributed by atoms with E-state index in [2.05, 4.69) is 16.1 Å². The zero-order valence-corrected chi connectivity index (χ0v) is 18.9. The number of amides is 4. The van der Waals surface area contributed by atoms with Gasteiger partial charge in [-0.2, -0.15) is 0 Å². The van der Waals surface area contributed by atoms with Gasteiger partial charge in [0.2, 0.25) is 0 Å². The second-order valence-electron chi connectivity index (χ2n) is 8.01. The van der Waals surface area contributed by atoms with Crippen molar-refractivity contribution in [2.45, 2.75) is 19.5 Å². The molecule has 2 aliphatic rings. The first-order chi connectivity index (χ1) is 15.4.